The lowest BCUT2D eigenvalue weighted by Gasteiger charge is -2.37. The molecule has 2 aliphatic heterocycles. The maximum Gasteiger partial charge on any atom is 0.310 e. The van der Waals surface area contributed by atoms with Crippen LogP contribution in [-0.4, -0.2) is 49.1 Å². The molecule has 2 aromatic rings. The number of piperidine rings is 1. The summed E-state index contributed by atoms with van der Waals surface area (Å²) in [6, 6.07) is 15.2. The van der Waals surface area contributed by atoms with Gasteiger partial charge in [-0.2, -0.15) is 0 Å². The molecule has 0 saturated carbocycles. The van der Waals surface area contributed by atoms with Crippen LogP contribution in [0.4, 0.5) is 10.1 Å². The number of amides is 1. The first kappa shape index (κ1) is 21.5. The number of carbonyl (C=O) groups is 2. The van der Waals surface area contributed by atoms with E-state index in [0.29, 0.717) is 25.1 Å². The third-order valence-electron chi connectivity index (χ3n) is 6.18. The molecule has 1 atom stereocenters. The average molecular weight is 425 g/mol. The minimum atomic E-state index is -1.00. The van der Waals surface area contributed by atoms with Crippen molar-refractivity contribution in [1.82, 2.24) is 4.90 Å². The predicted molar refractivity (Wildman–Crippen MR) is 118 cm³/mol. The fraction of sp³-hybridized carbons (Fsp3) is 0.440. The second-order valence-corrected chi connectivity index (χ2v) is 8.30. The molecule has 2 heterocycles. The summed E-state index contributed by atoms with van der Waals surface area (Å²) in [5.74, 6) is -0.153. The quantitative estimate of drug-likeness (QED) is 0.634. The van der Waals surface area contributed by atoms with Crippen LogP contribution in [0, 0.1) is 0 Å². The van der Waals surface area contributed by atoms with Gasteiger partial charge in [0.05, 0.1) is 19.4 Å². The summed E-state index contributed by atoms with van der Waals surface area (Å²) >= 11 is 0. The van der Waals surface area contributed by atoms with Gasteiger partial charge >= 0.3 is 5.97 Å². The fourth-order valence-corrected chi connectivity index (χ4v) is 4.61. The summed E-state index contributed by atoms with van der Waals surface area (Å²) in [7, 11) is 0. The van der Waals surface area contributed by atoms with E-state index in [2.05, 4.69) is 4.90 Å². The molecular weight excluding hydrogens is 395 g/mol. The van der Waals surface area contributed by atoms with Gasteiger partial charge in [-0.1, -0.05) is 42.5 Å². The Morgan fingerprint density at radius 1 is 1.16 bits per heavy atom. The third-order valence-corrected chi connectivity index (χ3v) is 6.18. The van der Waals surface area contributed by atoms with Gasteiger partial charge in [-0.3, -0.25) is 14.5 Å². The number of nitrogens with zero attached hydrogens (tertiary/aromatic N) is 2. The van der Waals surface area contributed by atoms with Crippen LogP contribution < -0.4 is 4.90 Å². The molecule has 0 spiro atoms. The van der Waals surface area contributed by atoms with E-state index in [0.717, 1.165) is 42.7 Å². The Bertz CT molecular complexity index is 926. The van der Waals surface area contributed by atoms with E-state index >= 15 is 0 Å². The second-order valence-electron chi connectivity index (χ2n) is 8.30. The summed E-state index contributed by atoms with van der Waals surface area (Å²) in [6.45, 7) is 4.05. The lowest BCUT2D eigenvalue weighted by Crippen LogP contribution is -2.47. The number of halogens is 1. The first-order valence-corrected chi connectivity index (χ1v) is 11.1. The van der Waals surface area contributed by atoms with Crippen molar-refractivity contribution in [2.75, 3.05) is 31.1 Å². The first-order valence-electron chi connectivity index (χ1n) is 11.1. The number of alkyl halides is 1. The van der Waals surface area contributed by atoms with Crippen molar-refractivity contribution in [3.05, 3.63) is 65.2 Å². The number of hydrogen-bond donors (Lipinski definition) is 0. The van der Waals surface area contributed by atoms with Crippen molar-refractivity contribution < 1.29 is 18.7 Å². The maximum absolute atomic E-state index is 14.6. The number of fused-ring (bicyclic) bond motifs is 1. The molecule has 1 amide bonds. The van der Waals surface area contributed by atoms with E-state index in [1.807, 2.05) is 53.4 Å². The average Bonchev–Trinajstić information content (AvgIpc) is 3.10. The molecule has 0 aromatic heterocycles. The minimum absolute atomic E-state index is 0.106. The zero-order valence-corrected chi connectivity index (χ0v) is 17.9. The number of ether oxygens (including phenoxy) is 1. The van der Waals surface area contributed by atoms with Crippen molar-refractivity contribution >= 4 is 17.6 Å². The van der Waals surface area contributed by atoms with Crippen molar-refractivity contribution in [2.24, 2.45) is 0 Å². The van der Waals surface area contributed by atoms with Crippen LogP contribution in [-0.2, 0) is 27.2 Å². The van der Waals surface area contributed by atoms with Crippen LogP contribution in [0.15, 0.2) is 48.5 Å². The number of esters is 1. The molecule has 4 rings (SSSR count). The van der Waals surface area contributed by atoms with Crippen LogP contribution in [0.5, 0.6) is 0 Å². The molecule has 164 valence electrons. The van der Waals surface area contributed by atoms with Crippen LogP contribution in [0.3, 0.4) is 0 Å². The highest BCUT2D eigenvalue weighted by molar-refractivity contribution is 6.02. The van der Waals surface area contributed by atoms with E-state index in [4.69, 9.17) is 4.74 Å². The van der Waals surface area contributed by atoms with Gasteiger partial charge < -0.3 is 9.64 Å². The Morgan fingerprint density at radius 2 is 1.90 bits per heavy atom. The highest BCUT2D eigenvalue weighted by Crippen LogP contribution is 2.35. The molecule has 6 heteroatoms. The summed E-state index contributed by atoms with van der Waals surface area (Å²) in [5, 5.41) is 0. The van der Waals surface area contributed by atoms with Gasteiger partial charge in [-0.25, -0.2) is 4.39 Å². The van der Waals surface area contributed by atoms with E-state index in [9.17, 15) is 14.0 Å². The molecule has 1 fully saturated rings. The topological polar surface area (TPSA) is 49.9 Å². The monoisotopic (exact) mass is 424 g/mol. The fourth-order valence-electron chi connectivity index (χ4n) is 4.61. The Morgan fingerprint density at radius 3 is 2.61 bits per heavy atom. The molecule has 0 N–H and O–H groups in total. The number of carbonyl (C=O) groups excluding carboxylic acids is 2. The smallest absolute Gasteiger partial charge is 0.310 e. The molecule has 1 unspecified atom stereocenters. The van der Waals surface area contributed by atoms with E-state index in [1.165, 1.54) is 0 Å². The van der Waals surface area contributed by atoms with Crippen molar-refractivity contribution in [3.63, 3.8) is 0 Å². The van der Waals surface area contributed by atoms with Gasteiger partial charge in [0, 0.05) is 31.4 Å². The first-order chi connectivity index (χ1) is 15.0. The van der Waals surface area contributed by atoms with Crippen molar-refractivity contribution in [3.8, 4) is 0 Å². The standard InChI is InChI=1S/C25H29FN2O3/c1-2-31-25(30)15-18-8-9-20-16-24(29)28(23(20)14-18)21-10-12-27(13-11-21)17-22(26)19-6-4-3-5-7-19/h3-9,14,21-22H,2,10-13,15-17H2,1H3. The predicted octanol–water partition coefficient (Wildman–Crippen LogP) is 3.86. The number of benzene rings is 2. The highest BCUT2D eigenvalue weighted by atomic mass is 19.1. The maximum atomic E-state index is 14.6. The Labute approximate surface area is 182 Å². The van der Waals surface area contributed by atoms with E-state index in [1.54, 1.807) is 6.92 Å². The number of anilines is 1. The largest absolute Gasteiger partial charge is 0.466 e. The third kappa shape index (κ3) is 4.96. The zero-order chi connectivity index (χ0) is 21.8. The zero-order valence-electron chi connectivity index (χ0n) is 17.9. The number of likely N-dealkylation sites (tertiary alicyclic amines) is 1. The molecule has 2 aliphatic rings. The van der Waals surface area contributed by atoms with E-state index < -0.39 is 6.17 Å². The second kappa shape index (κ2) is 9.60. The minimum Gasteiger partial charge on any atom is -0.466 e. The number of rotatable bonds is 7. The van der Waals surface area contributed by atoms with Gasteiger partial charge in [0.2, 0.25) is 5.91 Å². The summed E-state index contributed by atoms with van der Waals surface area (Å²) in [4.78, 5) is 28.7. The van der Waals surface area contributed by atoms with Crippen LogP contribution in [0.2, 0.25) is 0 Å². The lowest BCUT2D eigenvalue weighted by molar-refractivity contribution is -0.142. The molecule has 0 radical (unpaired) electrons. The molecule has 0 bridgehead atoms. The Balaban J connectivity index is 1.39. The van der Waals surface area contributed by atoms with Crippen LogP contribution in [0.25, 0.3) is 0 Å². The molecule has 2 aromatic carbocycles. The van der Waals surface area contributed by atoms with Crippen molar-refractivity contribution in [2.45, 2.75) is 44.8 Å². The van der Waals surface area contributed by atoms with Gasteiger partial charge in [0.1, 0.15) is 6.17 Å². The molecule has 1 saturated heterocycles. The van der Waals surface area contributed by atoms with Gasteiger partial charge in [0.25, 0.3) is 0 Å². The summed E-state index contributed by atoms with van der Waals surface area (Å²) in [6.07, 6.45) is 1.23. The number of hydrogen-bond acceptors (Lipinski definition) is 4. The molecule has 31 heavy (non-hydrogen) atoms. The Kier molecular flexibility index (Phi) is 6.66. The van der Waals surface area contributed by atoms with Gasteiger partial charge in [-0.15, -0.1) is 0 Å². The van der Waals surface area contributed by atoms with Crippen molar-refractivity contribution in [1.29, 1.82) is 0 Å². The highest BCUT2D eigenvalue weighted by Gasteiger charge is 2.35. The molecular formula is C25H29FN2O3. The molecule has 5 nitrogen and oxygen atoms in total. The molecule has 0 aliphatic carbocycles. The normalized spacial score (nSPS) is 18.1. The van der Waals surface area contributed by atoms with Crippen LogP contribution in [0.1, 0.15) is 42.6 Å². The SMILES string of the molecule is CCOC(=O)Cc1ccc2c(c1)N(C1CCN(CC(F)c3ccccc3)CC1)C(=O)C2. The van der Waals surface area contributed by atoms with E-state index in [-0.39, 0.29) is 24.3 Å². The van der Waals surface area contributed by atoms with Crippen LogP contribution >= 0.6 is 0 Å². The Hall–Kier alpha value is -2.73. The van der Waals surface area contributed by atoms with Gasteiger partial charge in [0.15, 0.2) is 0 Å². The summed E-state index contributed by atoms with van der Waals surface area (Å²) in [5.41, 5.74) is 3.49. The summed E-state index contributed by atoms with van der Waals surface area (Å²) < 4.78 is 19.7. The van der Waals surface area contributed by atoms with Gasteiger partial charge in [-0.05, 0) is 42.5 Å². The lowest BCUT2D eigenvalue weighted by atomic mass is 10.0.